The third kappa shape index (κ3) is 4.68. The summed E-state index contributed by atoms with van der Waals surface area (Å²) < 4.78 is 0. The number of amides is 1. The summed E-state index contributed by atoms with van der Waals surface area (Å²) in [5.74, 6) is 1.13. The molecule has 2 unspecified atom stereocenters. The molecule has 1 aromatic rings. The highest BCUT2D eigenvalue weighted by atomic mass is 35.5. The largest absolute Gasteiger partial charge is 0.314 e. The van der Waals surface area contributed by atoms with Crippen LogP contribution >= 0.6 is 11.6 Å². The average molecular weight is 343 g/mol. The second-order valence-corrected chi connectivity index (χ2v) is 5.94. The van der Waals surface area contributed by atoms with Gasteiger partial charge in [0.1, 0.15) is 5.84 Å². The van der Waals surface area contributed by atoms with Crippen LogP contribution in [0.3, 0.4) is 0 Å². The van der Waals surface area contributed by atoms with Crippen molar-refractivity contribution in [1.29, 1.82) is 0 Å². The van der Waals surface area contributed by atoms with Crippen molar-refractivity contribution in [3.8, 4) is 0 Å². The molecule has 1 amide bonds. The summed E-state index contributed by atoms with van der Waals surface area (Å²) in [4.78, 5) is 16.6. The van der Waals surface area contributed by atoms with Gasteiger partial charge < -0.3 is 5.32 Å². The molecular formula is C20H23ClN2O. The average Bonchev–Trinajstić information content (AvgIpc) is 3.27. The zero-order valence-electron chi connectivity index (χ0n) is 14.1. The van der Waals surface area contributed by atoms with Crippen molar-refractivity contribution >= 4 is 29.0 Å². The summed E-state index contributed by atoms with van der Waals surface area (Å²) >= 11 is 5.82. The van der Waals surface area contributed by atoms with Crippen LogP contribution in [0.5, 0.6) is 0 Å². The second-order valence-electron chi connectivity index (χ2n) is 5.50. The van der Waals surface area contributed by atoms with Crippen LogP contribution in [-0.4, -0.2) is 11.7 Å². The van der Waals surface area contributed by atoms with Crippen LogP contribution in [0.2, 0.25) is 0 Å². The van der Waals surface area contributed by atoms with Crippen molar-refractivity contribution in [1.82, 2.24) is 5.32 Å². The summed E-state index contributed by atoms with van der Waals surface area (Å²) in [6.45, 7) is 7.58. The Hall–Kier alpha value is -2.13. The first-order valence-corrected chi connectivity index (χ1v) is 8.68. The van der Waals surface area contributed by atoms with Crippen molar-refractivity contribution < 1.29 is 4.79 Å². The van der Waals surface area contributed by atoms with E-state index in [1.807, 2.05) is 50.3 Å². The Morgan fingerprint density at radius 3 is 2.83 bits per heavy atom. The highest BCUT2D eigenvalue weighted by Gasteiger charge is 2.41. The smallest absolute Gasteiger partial charge is 0.229 e. The van der Waals surface area contributed by atoms with E-state index in [0.29, 0.717) is 11.5 Å². The number of amidine groups is 1. The lowest BCUT2D eigenvalue weighted by Crippen LogP contribution is -2.32. The van der Waals surface area contributed by atoms with Gasteiger partial charge in [-0.25, -0.2) is 4.99 Å². The Bertz CT molecular complexity index is 703. The Kier molecular flexibility index (Phi) is 6.56. The third-order valence-electron chi connectivity index (χ3n) is 3.86. The molecule has 1 heterocycles. The van der Waals surface area contributed by atoms with Crippen molar-refractivity contribution in [3.05, 3.63) is 65.7 Å². The first-order chi connectivity index (χ1) is 11.7. The van der Waals surface area contributed by atoms with E-state index in [1.165, 1.54) is 0 Å². The molecule has 2 aliphatic rings. The van der Waals surface area contributed by atoms with E-state index in [0.717, 1.165) is 23.5 Å². The van der Waals surface area contributed by atoms with E-state index in [9.17, 15) is 4.79 Å². The van der Waals surface area contributed by atoms with E-state index in [2.05, 4.69) is 16.9 Å². The van der Waals surface area contributed by atoms with Gasteiger partial charge in [-0.2, -0.15) is 0 Å². The molecule has 0 aromatic heterocycles. The van der Waals surface area contributed by atoms with Gasteiger partial charge in [0.2, 0.25) is 5.91 Å². The van der Waals surface area contributed by atoms with Gasteiger partial charge in [0.05, 0.1) is 5.69 Å². The van der Waals surface area contributed by atoms with E-state index in [4.69, 9.17) is 11.6 Å². The summed E-state index contributed by atoms with van der Waals surface area (Å²) in [6, 6.07) is 7.95. The number of carbonyl (C=O) groups is 1. The minimum Gasteiger partial charge on any atom is -0.314 e. The van der Waals surface area contributed by atoms with Crippen LogP contribution in [0, 0.1) is 11.8 Å². The third-order valence-corrected chi connectivity index (χ3v) is 4.14. The zero-order chi connectivity index (χ0) is 17.5. The minimum absolute atomic E-state index is 0.0403. The number of fused-ring (bicyclic) bond motifs is 1. The van der Waals surface area contributed by atoms with Crippen molar-refractivity contribution in [2.45, 2.75) is 26.7 Å². The molecule has 1 fully saturated rings. The lowest BCUT2D eigenvalue weighted by Gasteiger charge is -2.02. The Morgan fingerprint density at radius 1 is 1.38 bits per heavy atom. The second kappa shape index (κ2) is 8.65. The highest BCUT2D eigenvalue weighted by molar-refractivity contribution is 6.31. The highest BCUT2D eigenvalue weighted by Crippen LogP contribution is 2.40. The molecule has 1 aliphatic heterocycles. The van der Waals surface area contributed by atoms with Crippen LogP contribution < -0.4 is 5.32 Å². The predicted molar refractivity (Wildman–Crippen MR) is 102 cm³/mol. The molecule has 3 nitrogen and oxygen atoms in total. The van der Waals surface area contributed by atoms with Crippen molar-refractivity contribution in [3.63, 3.8) is 0 Å². The maximum Gasteiger partial charge on any atom is 0.229 e. The molecule has 2 atom stereocenters. The standard InChI is InChI=1S/C18H17ClN2O.C2H6/c1-2-14(19)8-5-7-12-10-15(12)18(22)21-17-11-13-6-3-4-9-16(13)20-17;1-2/h2-9,12,15H,1,10-11H2,(H,20,21,22);1-2H3/b7-5+,14-8+;. The number of para-hydroxylation sites is 1. The molecule has 3 rings (SSSR count). The fraction of sp³-hybridized carbons (Fsp3) is 0.300. The maximum absolute atomic E-state index is 12.2. The number of aliphatic imine (C=N–C) groups is 1. The van der Waals surface area contributed by atoms with Crippen LogP contribution in [0.4, 0.5) is 5.69 Å². The van der Waals surface area contributed by atoms with Crippen molar-refractivity contribution in [2.24, 2.45) is 16.8 Å². The number of allylic oxidation sites excluding steroid dienone is 5. The quantitative estimate of drug-likeness (QED) is 0.775. The number of benzene rings is 1. The molecule has 24 heavy (non-hydrogen) atoms. The van der Waals surface area contributed by atoms with Crippen LogP contribution in [0.1, 0.15) is 25.8 Å². The van der Waals surface area contributed by atoms with Crippen LogP contribution in [0.25, 0.3) is 0 Å². The van der Waals surface area contributed by atoms with Gasteiger partial charge in [0, 0.05) is 17.4 Å². The van der Waals surface area contributed by atoms with E-state index >= 15 is 0 Å². The molecule has 1 saturated carbocycles. The number of hydrogen-bond acceptors (Lipinski definition) is 2. The SMILES string of the molecule is C=C/C(Cl)=C\C=C\C1CC1C(=O)NC1=Nc2ccccc2C1.CC. The number of nitrogens with zero attached hydrogens (tertiary/aromatic N) is 1. The molecule has 0 bridgehead atoms. The molecular weight excluding hydrogens is 320 g/mol. The lowest BCUT2D eigenvalue weighted by atomic mass is 10.1. The lowest BCUT2D eigenvalue weighted by molar-refractivity contribution is -0.121. The van der Waals surface area contributed by atoms with Crippen molar-refractivity contribution in [2.75, 3.05) is 0 Å². The molecule has 126 valence electrons. The van der Waals surface area contributed by atoms with Gasteiger partial charge in [-0.3, -0.25) is 4.79 Å². The summed E-state index contributed by atoms with van der Waals surface area (Å²) in [5, 5.41) is 3.54. The number of carbonyl (C=O) groups excluding carboxylic acids is 1. The summed E-state index contributed by atoms with van der Waals surface area (Å²) in [6.07, 6.45) is 8.83. The van der Waals surface area contributed by atoms with E-state index < -0.39 is 0 Å². The van der Waals surface area contributed by atoms with Gasteiger partial charge in [-0.15, -0.1) is 0 Å². The number of rotatable bonds is 4. The Labute approximate surface area is 148 Å². The molecule has 0 saturated heterocycles. The molecule has 1 N–H and O–H groups in total. The minimum atomic E-state index is 0.0403. The van der Waals surface area contributed by atoms with Crippen LogP contribution in [0.15, 0.2) is 65.2 Å². The van der Waals surface area contributed by atoms with Gasteiger partial charge in [0.15, 0.2) is 0 Å². The van der Waals surface area contributed by atoms with E-state index in [-0.39, 0.29) is 17.7 Å². The fourth-order valence-electron chi connectivity index (χ4n) is 2.53. The molecule has 1 aliphatic carbocycles. The van der Waals surface area contributed by atoms with Gasteiger partial charge in [-0.05, 0) is 30.0 Å². The summed E-state index contributed by atoms with van der Waals surface area (Å²) in [7, 11) is 0. The molecule has 0 spiro atoms. The summed E-state index contributed by atoms with van der Waals surface area (Å²) in [5.41, 5.74) is 2.11. The number of halogens is 1. The first kappa shape index (κ1) is 18.2. The first-order valence-electron chi connectivity index (χ1n) is 8.30. The molecule has 1 aromatic carbocycles. The van der Waals surface area contributed by atoms with Crippen LogP contribution in [-0.2, 0) is 11.2 Å². The Balaban J connectivity index is 0.00000100. The molecule has 0 radical (unpaired) electrons. The van der Waals surface area contributed by atoms with Gasteiger partial charge >= 0.3 is 0 Å². The normalized spacial score (nSPS) is 21.5. The monoisotopic (exact) mass is 342 g/mol. The predicted octanol–water partition coefficient (Wildman–Crippen LogP) is 4.92. The van der Waals surface area contributed by atoms with Gasteiger partial charge in [-0.1, -0.05) is 68.5 Å². The fourth-order valence-corrected chi connectivity index (χ4v) is 2.60. The molecule has 4 heteroatoms. The number of nitrogens with one attached hydrogen (secondary N) is 1. The topological polar surface area (TPSA) is 41.5 Å². The maximum atomic E-state index is 12.2. The van der Waals surface area contributed by atoms with Gasteiger partial charge in [0.25, 0.3) is 0 Å². The Morgan fingerprint density at radius 2 is 2.12 bits per heavy atom. The number of hydrogen-bond donors (Lipinski definition) is 1. The van der Waals surface area contributed by atoms with E-state index in [1.54, 1.807) is 12.2 Å². The zero-order valence-corrected chi connectivity index (χ0v) is 14.9.